The van der Waals surface area contributed by atoms with Crippen molar-refractivity contribution in [2.75, 3.05) is 13.1 Å². The van der Waals surface area contributed by atoms with Crippen LogP contribution in [-0.2, 0) is 4.79 Å². The summed E-state index contributed by atoms with van der Waals surface area (Å²) in [5.41, 5.74) is 0. The number of amides is 1. The van der Waals surface area contributed by atoms with E-state index in [0.717, 1.165) is 13.0 Å². The Morgan fingerprint density at radius 1 is 1.36 bits per heavy atom. The summed E-state index contributed by atoms with van der Waals surface area (Å²) in [5.74, 6) is 1.44. The molecule has 3 heteroatoms. The van der Waals surface area contributed by atoms with Gasteiger partial charge in [-0.2, -0.15) is 0 Å². The SMILES string of the molecule is CC(C)CC1NCC(=O)N1CC(C)C. The first kappa shape index (κ1) is 11.5. The fourth-order valence-electron chi connectivity index (χ4n) is 1.87. The Morgan fingerprint density at radius 3 is 2.50 bits per heavy atom. The molecule has 82 valence electrons. The van der Waals surface area contributed by atoms with Gasteiger partial charge in [0.05, 0.1) is 12.7 Å². The fraction of sp³-hybridized carbons (Fsp3) is 0.909. The third-order valence-electron chi connectivity index (χ3n) is 2.44. The van der Waals surface area contributed by atoms with Crippen LogP contribution in [0.2, 0.25) is 0 Å². The normalized spacial score (nSPS) is 22.9. The van der Waals surface area contributed by atoms with Crippen molar-refractivity contribution in [3.05, 3.63) is 0 Å². The molecule has 1 rings (SSSR count). The van der Waals surface area contributed by atoms with Crippen LogP contribution >= 0.6 is 0 Å². The van der Waals surface area contributed by atoms with Gasteiger partial charge in [-0.3, -0.25) is 10.1 Å². The zero-order chi connectivity index (χ0) is 10.7. The highest BCUT2D eigenvalue weighted by molar-refractivity contribution is 5.80. The van der Waals surface area contributed by atoms with Crippen LogP contribution in [-0.4, -0.2) is 30.1 Å². The fourth-order valence-corrected chi connectivity index (χ4v) is 1.87. The monoisotopic (exact) mass is 198 g/mol. The minimum Gasteiger partial charge on any atom is -0.326 e. The Balaban J connectivity index is 2.53. The van der Waals surface area contributed by atoms with E-state index in [2.05, 4.69) is 33.0 Å². The highest BCUT2D eigenvalue weighted by Gasteiger charge is 2.30. The highest BCUT2D eigenvalue weighted by Crippen LogP contribution is 2.15. The predicted molar refractivity (Wildman–Crippen MR) is 57.8 cm³/mol. The molecule has 0 radical (unpaired) electrons. The van der Waals surface area contributed by atoms with E-state index < -0.39 is 0 Å². The van der Waals surface area contributed by atoms with Crippen molar-refractivity contribution in [3.8, 4) is 0 Å². The first-order valence-corrected chi connectivity index (χ1v) is 5.53. The molecule has 1 N–H and O–H groups in total. The second-order valence-corrected chi connectivity index (χ2v) is 4.97. The molecule has 1 aliphatic rings. The third kappa shape index (κ3) is 2.98. The number of carbonyl (C=O) groups is 1. The Morgan fingerprint density at radius 2 is 2.00 bits per heavy atom. The molecular formula is C11H22N2O. The molecule has 1 heterocycles. The van der Waals surface area contributed by atoms with Crippen LogP contribution in [0.15, 0.2) is 0 Å². The molecule has 1 atom stereocenters. The van der Waals surface area contributed by atoms with Crippen LogP contribution in [0.25, 0.3) is 0 Å². The van der Waals surface area contributed by atoms with Crippen LogP contribution in [0.5, 0.6) is 0 Å². The van der Waals surface area contributed by atoms with Gasteiger partial charge in [0.2, 0.25) is 5.91 Å². The van der Waals surface area contributed by atoms with Crippen LogP contribution in [0, 0.1) is 11.8 Å². The van der Waals surface area contributed by atoms with Gasteiger partial charge < -0.3 is 4.90 Å². The average molecular weight is 198 g/mol. The Bertz CT molecular complexity index is 201. The maximum Gasteiger partial charge on any atom is 0.237 e. The molecule has 0 aromatic carbocycles. The smallest absolute Gasteiger partial charge is 0.237 e. The van der Waals surface area contributed by atoms with Crippen LogP contribution < -0.4 is 5.32 Å². The minimum atomic E-state index is 0.254. The summed E-state index contributed by atoms with van der Waals surface area (Å²) in [7, 11) is 0. The van der Waals surface area contributed by atoms with E-state index >= 15 is 0 Å². The molecule has 0 aromatic rings. The standard InChI is InChI=1S/C11H22N2O/c1-8(2)5-10-12-6-11(14)13(10)7-9(3)4/h8-10,12H,5-7H2,1-4H3. The summed E-state index contributed by atoms with van der Waals surface area (Å²) in [6.07, 6.45) is 1.32. The minimum absolute atomic E-state index is 0.254. The Hall–Kier alpha value is -0.570. The molecule has 1 unspecified atom stereocenters. The molecule has 0 aromatic heterocycles. The van der Waals surface area contributed by atoms with Crippen molar-refractivity contribution < 1.29 is 4.79 Å². The van der Waals surface area contributed by atoms with Crippen molar-refractivity contribution >= 4 is 5.91 Å². The summed E-state index contributed by atoms with van der Waals surface area (Å²) in [6, 6.07) is 0. The van der Waals surface area contributed by atoms with E-state index in [-0.39, 0.29) is 12.1 Å². The quantitative estimate of drug-likeness (QED) is 0.741. The second kappa shape index (κ2) is 4.78. The summed E-state index contributed by atoms with van der Waals surface area (Å²) in [4.78, 5) is 13.6. The Kier molecular flexibility index (Phi) is 3.93. The lowest BCUT2D eigenvalue weighted by molar-refractivity contribution is -0.128. The van der Waals surface area contributed by atoms with Gasteiger partial charge in [0.15, 0.2) is 0 Å². The van der Waals surface area contributed by atoms with Crippen LogP contribution in [0.3, 0.4) is 0 Å². The maximum absolute atomic E-state index is 11.6. The largest absolute Gasteiger partial charge is 0.326 e. The summed E-state index contributed by atoms with van der Waals surface area (Å²) >= 11 is 0. The van der Waals surface area contributed by atoms with Gasteiger partial charge in [-0.15, -0.1) is 0 Å². The Labute approximate surface area is 86.9 Å². The molecular weight excluding hydrogens is 176 g/mol. The van der Waals surface area contributed by atoms with Crippen molar-refractivity contribution in [1.29, 1.82) is 0 Å². The van der Waals surface area contributed by atoms with Gasteiger partial charge in [-0.05, 0) is 18.3 Å². The molecule has 0 aliphatic carbocycles. The molecule has 0 spiro atoms. The van der Waals surface area contributed by atoms with Gasteiger partial charge in [-0.1, -0.05) is 27.7 Å². The summed E-state index contributed by atoms with van der Waals surface area (Å²) < 4.78 is 0. The van der Waals surface area contributed by atoms with E-state index in [0.29, 0.717) is 18.4 Å². The van der Waals surface area contributed by atoms with Gasteiger partial charge >= 0.3 is 0 Å². The molecule has 14 heavy (non-hydrogen) atoms. The lowest BCUT2D eigenvalue weighted by Gasteiger charge is -2.27. The first-order chi connectivity index (χ1) is 6.50. The molecule has 1 fully saturated rings. The summed E-state index contributed by atoms with van der Waals surface area (Å²) in [6.45, 7) is 10.1. The van der Waals surface area contributed by atoms with E-state index in [1.54, 1.807) is 0 Å². The zero-order valence-corrected chi connectivity index (χ0v) is 9.71. The van der Waals surface area contributed by atoms with Crippen LogP contribution in [0.1, 0.15) is 34.1 Å². The predicted octanol–water partition coefficient (Wildman–Crippen LogP) is 1.45. The van der Waals surface area contributed by atoms with Crippen molar-refractivity contribution in [2.24, 2.45) is 11.8 Å². The third-order valence-corrected chi connectivity index (χ3v) is 2.44. The number of hydrogen-bond acceptors (Lipinski definition) is 2. The van der Waals surface area contributed by atoms with Crippen molar-refractivity contribution in [3.63, 3.8) is 0 Å². The molecule has 3 nitrogen and oxygen atoms in total. The second-order valence-electron chi connectivity index (χ2n) is 4.97. The van der Waals surface area contributed by atoms with Crippen LogP contribution in [0.4, 0.5) is 0 Å². The van der Waals surface area contributed by atoms with Crippen molar-refractivity contribution in [2.45, 2.75) is 40.3 Å². The molecule has 1 amide bonds. The number of hydrogen-bond donors (Lipinski definition) is 1. The average Bonchev–Trinajstić information content (AvgIpc) is 2.34. The summed E-state index contributed by atoms with van der Waals surface area (Å²) in [5, 5.41) is 3.27. The van der Waals surface area contributed by atoms with E-state index in [1.165, 1.54) is 0 Å². The topological polar surface area (TPSA) is 32.3 Å². The molecule has 1 saturated heterocycles. The lowest BCUT2D eigenvalue weighted by atomic mass is 10.1. The number of carbonyl (C=O) groups excluding carboxylic acids is 1. The van der Waals surface area contributed by atoms with Gasteiger partial charge in [0.1, 0.15) is 0 Å². The van der Waals surface area contributed by atoms with E-state index in [1.807, 2.05) is 4.90 Å². The molecule has 1 aliphatic heterocycles. The maximum atomic E-state index is 11.6. The van der Waals surface area contributed by atoms with Gasteiger partial charge in [-0.25, -0.2) is 0 Å². The highest BCUT2D eigenvalue weighted by atomic mass is 16.2. The molecule has 0 bridgehead atoms. The number of nitrogens with one attached hydrogen (secondary N) is 1. The number of nitrogens with zero attached hydrogens (tertiary/aromatic N) is 1. The molecule has 0 saturated carbocycles. The van der Waals surface area contributed by atoms with Gasteiger partial charge in [0, 0.05) is 6.54 Å². The van der Waals surface area contributed by atoms with Gasteiger partial charge in [0.25, 0.3) is 0 Å². The lowest BCUT2D eigenvalue weighted by Crippen LogP contribution is -2.40. The zero-order valence-electron chi connectivity index (χ0n) is 9.71. The van der Waals surface area contributed by atoms with E-state index in [9.17, 15) is 4.79 Å². The van der Waals surface area contributed by atoms with E-state index in [4.69, 9.17) is 0 Å². The van der Waals surface area contributed by atoms with Crippen molar-refractivity contribution in [1.82, 2.24) is 10.2 Å². The number of rotatable bonds is 4. The first-order valence-electron chi connectivity index (χ1n) is 5.53.